The number of rotatable bonds is 3. The molecule has 3 rings (SSSR count). The molecule has 0 aliphatic heterocycles. The SMILES string of the molecule is O=C(Cc1cccc(Cl)c1)Nc1cnnc2ccccc12. The van der Waals surface area contributed by atoms with Gasteiger partial charge in [-0.15, -0.1) is 0 Å². The predicted octanol–water partition coefficient (Wildman–Crippen LogP) is 3.46. The monoisotopic (exact) mass is 297 g/mol. The molecule has 0 radical (unpaired) electrons. The Labute approximate surface area is 126 Å². The lowest BCUT2D eigenvalue weighted by Gasteiger charge is -2.07. The fourth-order valence-electron chi connectivity index (χ4n) is 2.13. The lowest BCUT2D eigenvalue weighted by Crippen LogP contribution is -2.15. The number of amides is 1. The first-order valence-electron chi connectivity index (χ1n) is 6.47. The summed E-state index contributed by atoms with van der Waals surface area (Å²) in [6.45, 7) is 0. The van der Waals surface area contributed by atoms with Gasteiger partial charge in [0, 0.05) is 10.4 Å². The summed E-state index contributed by atoms with van der Waals surface area (Å²) in [5.41, 5.74) is 2.28. The maximum Gasteiger partial charge on any atom is 0.228 e. The summed E-state index contributed by atoms with van der Waals surface area (Å²) in [5.74, 6) is -0.115. The number of benzene rings is 2. The van der Waals surface area contributed by atoms with Crippen LogP contribution in [0.3, 0.4) is 0 Å². The van der Waals surface area contributed by atoms with E-state index in [-0.39, 0.29) is 12.3 Å². The van der Waals surface area contributed by atoms with E-state index in [1.807, 2.05) is 36.4 Å². The van der Waals surface area contributed by atoms with E-state index in [9.17, 15) is 4.79 Å². The van der Waals surface area contributed by atoms with Gasteiger partial charge in [0.15, 0.2) is 0 Å². The topological polar surface area (TPSA) is 54.9 Å². The van der Waals surface area contributed by atoms with E-state index >= 15 is 0 Å². The van der Waals surface area contributed by atoms with Crippen LogP contribution in [0.5, 0.6) is 0 Å². The molecule has 1 aromatic heterocycles. The van der Waals surface area contributed by atoms with Crippen LogP contribution in [0, 0.1) is 0 Å². The summed E-state index contributed by atoms with van der Waals surface area (Å²) in [6.07, 6.45) is 1.81. The standard InChI is InChI=1S/C16H12ClN3O/c17-12-5-3-4-11(8-12)9-16(21)19-15-10-18-20-14-7-2-1-6-13(14)15/h1-8,10H,9H2,(H,19,20,21). The van der Waals surface area contributed by atoms with Crippen molar-refractivity contribution >= 4 is 34.1 Å². The van der Waals surface area contributed by atoms with Gasteiger partial charge in [0.2, 0.25) is 5.91 Å². The summed E-state index contributed by atoms with van der Waals surface area (Å²) < 4.78 is 0. The highest BCUT2D eigenvalue weighted by atomic mass is 35.5. The highest BCUT2D eigenvalue weighted by Crippen LogP contribution is 2.20. The maximum atomic E-state index is 12.1. The molecule has 1 heterocycles. The molecular weight excluding hydrogens is 286 g/mol. The number of carbonyl (C=O) groups excluding carboxylic acids is 1. The Morgan fingerprint density at radius 2 is 2.00 bits per heavy atom. The zero-order valence-corrected chi connectivity index (χ0v) is 11.8. The summed E-state index contributed by atoms with van der Waals surface area (Å²) in [5, 5.41) is 12.3. The minimum Gasteiger partial charge on any atom is -0.324 e. The van der Waals surface area contributed by atoms with Crippen molar-refractivity contribution in [3.05, 3.63) is 65.3 Å². The number of hydrogen-bond acceptors (Lipinski definition) is 3. The van der Waals surface area contributed by atoms with Crippen LogP contribution in [0.2, 0.25) is 5.02 Å². The molecule has 3 aromatic rings. The Kier molecular flexibility index (Phi) is 3.79. The molecule has 0 aliphatic rings. The van der Waals surface area contributed by atoms with Crippen molar-refractivity contribution in [2.45, 2.75) is 6.42 Å². The molecule has 0 fully saturated rings. The van der Waals surface area contributed by atoms with Crippen LogP contribution in [0.4, 0.5) is 5.69 Å². The first kappa shape index (κ1) is 13.5. The first-order valence-corrected chi connectivity index (χ1v) is 6.85. The fourth-order valence-corrected chi connectivity index (χ4v) is 2.35. The van der Waals surface area contributed by atoms with Gasteiger partial charge >= 0.3 is 0 Å². The second-order valence-corrected chi connectivity index (χ2v) is 5.07. The maximum absolute atomic E-state index is 12.1. The quantitative estimate of drug-likeness (QED) is 0.805. The second kappa shape index (κ2) is 5.89. The summed E-state index contributed by atoms with van der Waals surface area (Å²) in [6, 6.07) is 14.8. The molecule has 0 bridgehead atoms. The van der Waals surface area contributed by atoms with Crippen LogP contribution in [0.1, 0.15) is 5.56 Å². The molecule has 0 saturated heterocycles. The smallest absolute Gasteiger partial charge is 0.228 e. The van der Waals surface area contributed by atoms with Crippen LogP contribution in [0.15, 0.2) is 54.7 Å². The summed E-state index contributed by atoms with van der Waals surface area (Å²) >= 11 is 5.92. The van der Waals surface area contributed by atoms with Crippen LogP contribution in [0.25, 0.3) is 10.9 Å². The van der Waals surface area contributed by atoms with Gasteiger partial charge in [-0.25, -0.2) is 0 Å². The van der Waals surface area contributed by atoms with E-state index in [1.54, 1.807) is 18.3 Å². The second-order valence-electron chi connectivity index (χ2n) is 4.63. The molecule has 1 amide bonds. The van der Waals surface area contributed by atoms with Crippen LogP contribution in [-0.4, -0.2) is 16.1 Å². The Bertz CT molecular complexity index is 799. The molecule has 0 spiro atoms. The predicted molar refractivity (Wildman–Crippen MR) is 83.3 cm³/mol. The Hall–Kier alpha value is -2.46. The molecule has 21 heavy (non-hydrogen) atoms. The number of hydrogen-bond donors (Lipinski definition) is 1. The number of nitrogens with zero attached hydrogens (tertiary/aromatic N) is 2. The van der Waals surface area contributed by atoms with Crippen LogP contribution < -0.4 is 5.32 Å². The van der Waals surface area contributed by atoms with Gasteiger partial charge in [-0.3, -0.25) is 4.79 Å². The van der Waals surface area contributed by atoms with Crippen LogP contribution >= 0.6 is 11.6 Å². The third-order valence-electron chi connectivity index (χ3n) is 3.07. The van der Waals surface area contributed by atoms with Gasteiger partial charge in [0.1, 0.15) is 0 Å². The lowest BCUT2D eigenvalue weighted by atomic mass is 10.1. The van der Waals surface area contributed by atoms with E-state index in [4.69, 9.17) is 11.6 Å². The number of halogens is 1. The molecule has 0 saturated carbocycles. The summed E-state index contributed by atoms with van der Waals surface area (Å²) in [4.78, 5) is 12.1. The molecule has 1 N–H and O–H groups in total. The van der Waals surface area contributed by atoms with Gasteiger partial charge in [0.05, 0.1) is 23.8 Å². The molecule has 5 heteroatoms. The van der Waals surface area contributed by atoms with E-state index in [0.29, 0.717) is 10.7 Å². The van der Waals surface area contributed by atoms with Gasteiger partial charge in [-0.05, 0) is 23.8 Å². The zero-order chi connectivity index (χ0) is 14.7. The van der Waals surface area contributed by atoms with Crippen molar-refractivity contribution in [1.29, 1.82) is 0 Å². The highest BCUT2D eigenvalue weighted by molar-refractivity contribution is 6.30. The van der Waals surface area contributed by atoms with Gasteiger partial charge in [-0.2, -0.15) is 10.2 Å². The van der Waals surface area contributed by atoms with Crippen molar-refractivity contribution in [3.8, 4) is 0 Å². The highest BCUT2D eigenvalue weighted by Gasteiger charge is 2.08. The first-order chi connectivity index (χ1) is 10.2. The molecule has 104 valence electrons. The number of fused-ring (bicyclic) bond motifs is 1. The largest absolute Gasteiger partial charge is 0.324 e. The van der Waals surface area contributed by atoms with Crippen molar-refractivity contribution in [2.24, 2.45) is 0 Å². The molecule has 4 nitrogen and oxygen atoms in total. The van der Waals surface area contributed by atoms with E-state index in [0.717, 1.165) is 16.5 Å². The Balaban J connectivity index is 1.80. The summed E-state index contributed by atoms with van der Waals surface area (Å²) in [7, 11) is 0. The molecule has 0 atom stereocenters. The van der Waals surface area contributed by atoms with Crippen molar-refractivity contribution in [2.75, 3.05) is 5.32 Å². The van der Waals surface area contributed by atoms with E-state index < -0.39 is 0 Å². The van der Waals surface area contributed by atoms with Crippen molar-refractivity contribution in [1.82, 2.24) is 10.2 Å². The van der Waals surface area contributed by atoms with Gasteiger partial charge in [0.25, 0.3) is 0 Å². The third kappa shape index (κ3) is 3.17. The molecule has 0 aliphatic carbocycles. The van der Waals surface area contributed by atoms with Crippen LogP contribution in [-0.2, 0) is 11.2 Å². The van der Waals surface area contributed by atoms with Gasteiger partial charge < -0.3 is 5.32 Å². The van der Waals surface area contributed by atoms with Gasteiger partial charge in [-0.1, -0.05) is 41.9 Å². The average Bonchev–Trinajstić information content (AvgIpc) is 2.47. The third-order valence-corrected chi connectivity index (χ3v) is 3.31. The number of aromatic nitrogens is 2. The Morgan fingerprint density at radius 1 is 1.14 bits per heavy atom. The fraction of sp³-hybridized carbons (Fsp3) is 0.0625. The minimum absolute atomic E-state index is 0.115. The number of nitrogens with one attached hydrogen (secondary N) is 1. The van der Waals surface area contributed by atoms with E-state index in [1.165, 1.54) is 0 Å². The lowest BCUT2D eigenvalue weighted by molar-refractivity contribution is -0.115. The minimum atomic E-state index is -0.115. The number of anilines is 1. The average molecular weight is 298 g/mol. The zero-order valence-electron chi connectivity index (χ0n) is 11.1. The molecule has 0 unspecified atom stereocenters. The number of carbonyl (C=O) groups is 1. The van der Waals surface area contributed by atoms with Crippen molar-refractivity contribution in [3.63, 3.8) is 0 Å². The van der Waals surface area contributed by atoms with Crippen molar-refractivity contribution < 1.29 is 4.79 Å². The normalized spacial score (nSPS) is 10.5. The van der Waals surface area contributed by atoms with E-state index in [2.05, 4.69) is 15.5 Å². The Morgan fingerprint density at radius 3 is 2.86 bits per heavy atom. The molecular formula is C16H12ClN3O. The molecule has 2 aromatic carbocycles.